The van der Waals surface area contributed by atoms with Gasteiger partial charge < -0.3 is 5.32 Å². The van der Waals surface area contributed by atoms with Gasteiger partial charge in [-0.15, -0.1) is 11.3 Å². The van der Waals surface area contributed by atoms with Crippen LogP contribution >= 0.6 is 11.3 Å². The zero-order valence-corrected chi connectivity index (χ0v) is 14.6. The van der Waals surface area contributed by atoms with Gasteiger partial charge in [0.05, 0.1) is 11.9 Å². The van der Waals surface area contributed by atoms with Gasteiger partial charge in [-0.3, -0.25) is 9.69 Å². The van der Waals surface area contributed by atoms with E-state index in [0.29, 0.717) is 22.6 Å². The molecule has 1 aliphatic heterocycles. The van der Waals surface area contributed by atoms with E-state index in [4.69, 9.17) is 0 Å². The number of rotatable bonds is 5. The van der Waals surface area contributed by atoms with Crippen LogP contribution in [0.1, 0.15) is 29.7 Å². The van der Waals surface area contributed by atoms with Crippen LogP contribution in [0.4, 0.5) is 9.52 Å². The summed E-state index contributed by atoms with van der Waals surface area (Å²) in [6, 6.07) is 0. The van der Waals surface area contributed by atoms with E-state index in [9.17, 15) is 9.18 Å². The van der Waals surface area contributed by atoms with E-state index in [1.54, 1.807) is 6.92 Å². The summed E-state index contributed by atoms with van der Waals surface area (Å²) in [6.07, 6.45) is 4.93. The molecule has 24 heavy (non-hydrogen) atoms. The third-order valence-electron chi connectivity index (χ3n) is 4.03. The van der Waals surface area contributed by atoms with Crippen molar-refractivity contribution in [2.75, 3.05) is 18.4 Å². The molecule has 0 aliphatic carbocycles. The number of carbonyl (C=O) groups is 1. The summed E-state index contributed by atoms with van der Waals surface area (Å²) in [5.74, 6) is 0.739. The van der Waals surface area contributed by atoms with Crippen molar-refractivity contribution in [2.45, 2.75) is 33.2 Å². The molecule has 1 unspecified atom stereocenters. The van der Waals surface area contributed by atoms with Crippen LogP contribution in [0.2, 0.25) is 0 Å². The van der Waals surface area contributed by atoms with Gasteiger partial charge in [0.15, 0.2) is 10.9 Å². The van der Waals surface area contributed by atoms with Crippen molar-refractivity contribution >= 4 is 22.4 Å². The molecule has 1 fully saturated rings. The topological polar surface area (TPSA) is 71.0 Å². The zero-order chi connectivity index (χ0) is 17.1. The second-order valence-corrected chi connectivity index (χ2v) is 7.24. The van der Waals surface area contributed by atoms with E-state index in [-0.39, 0.29) is 11.7 Å². The van der Waals surface area contributed by atoms with Gasteiger partial charge in [-0.1, -0.05) is 0 Å². The van der Waals surface area contributed by atoms with Crippen molar-refractivity contribution in [3.05, 3.63) is 34.6 Å². The molecule has 1 saturated heterocycles. The molecule has 0 spiro atoms. The Kier molecular flexibility index (Phi) is 5.15. The van der Waals surface area contributed by atoms with Gasteiger partial charge in [0.2, 0.25) is 5.91 Å². The average Bonchev–Trinajstić information content (AvgIpc) is 3.13. The summed E-state index contributed by atoms with van der Waals surface area (Å²) < 4.78 is 13.2. The van der Waals surface area contributed by atoms with Crippen LogP contribution in [0.25, 0.3) is 0 Å². The minimum absolute atomic E-state index is 0.105. The smallest absolute Gasteiger partial charge is 0.223 e. The number of hydrogen-bond acceptors (Lipinski definition) is 6. The van der Waals surface area contributed by atoms with Gasteiger partial charge in [0, 0.05) is 37.5 Å². The predicted molar refractivity (Wildman–Crippen MR) is 90.2 cm³/mol. The first-order valence-electron chi connectivity index (χ1n) is 7.92. The maximum Gasteiger partial charge on any atom is 0.223 e. The number of aromatic nitrogens is 3. The Labute approximate surface area is 144 Å². The minimum atomic E-state index is -0.355. The van der Waals surface area contributed by atoms with E-state index in [2.05, 4.69) is 25.2 Å². The molecule has 128 valence electrons. The van der Waals surface area contributed by atoms with Crippen molar-refractivity contribution < 1.29 is 9.18 Å². The number of thiazole rings is 1. The van der Waals surface area contributed by atoms with Crippen molar-refractivity contribution in [3.63, 3.8) is 0 Å². The number of nitrogens with zero attached hydrogens (tertiary/aromatic N) is 4. The standard InChI is InChI=1S/C16H20FN5OS/c1-10-14(17)7-18-15(20-10)5-12-3-4-22(8-12)9-13-6-19-16(24-13)21-11(2)23/h6-7,12H,3-5,8-9H2,1-2H3,(H,19,21,23). The summed E-state index contributed by atoms with van der Waals surface area (Å²) in [6.45, 7) is 5.95. The monoisotopic (exact) mass is 349 g/mol. The maximum atomic E-state index is 13.2. The highest BCUT2D eigenvalue weighted by molar-refractivity contribution is 7.15. The number of halogens is 1. The normalized spacial score (nSPS) is 18.0. The molecule has 1 amide bonds. The molecule has 0 radical (unpaired) electrons. The third kappa shape index (κ3) is 4.33. The lowest BCUT2D eigenvalue weighted by molar-refractivity contribution is -0.114. The molecule has 0 aromatic carbocycles. The second kappa shape index (κ2) is 7.31. The highest BCUT2D eigenvalue weighted by atomic mass is 32.1. The molecule has 8 heteroatoms. The SMILES string of the molecule is CC(=O)Nc1ncc(CN2CCC(Cc3ncc(F)c(C)n3)C2)s1. The minimum Gasteiger partial charge on any atom is -0.302 e. The fraction of sp³-hybridized carbons (Fsp3) is 0.500. The van der Waals surface area contributed by atoms with E-state index in [1.807, 2.05) is 6.20 Å². The van der Waals surface area contributed by atoms with Gasteiger partial charge in [-0.25, -0.2) is 19.3 Å². The highest BCUT2D eigenvalue weighted by Gasteiger charge is 2.24. The molecule has 6 nitrogen and oxygen atoms in total. The van der Waals surface area contributed by atoms with Crippen LogP contribution < -0.4 is 5.32 Å². The summed E-state index contributed by atoms with van der Waals surface area (Å²) in [5.41, 5.74) is 0.407. The molecule has 2 aromatic heterocycles. The Morgan fingerprint density at radius 3 is 3.04 bits per heavy atom. The van der Waals surface area contributed by atoms with Crippen LogP contribution in [-0.2, 0) is 17.8 Å². The number of carbonyl (C=O) groups excluding carboxylic acids is 1. The van der Waals surface area contributed by atoms with Crippen LogP contribution in [0.5, 0.6) is 0 Å². The van der Waals surface area contributed by atoms with E-state index >= 15 is 0 Å². The van der Waals surface area contributed by atoms with Gasteiger partial charge in [0.1, 0.15) is 5.82 Å². The first kappa shape index (κ1) is 16.9. The quantitative estimate of drug-likeness (QED) is 0.897. The zero-order valence-electron chi connectivity index (χ0n) is 13.8. The van der Waals surface area contributed by atoms with Crippen molar-refractivity contribution in [3.8, 4) is 0 Å². The number of likely N-dealkylation sites (tertiary alicyclic amines) is 1. The van der Waals surface area contributed by atoms with Crippen molar-refractivity contribution in [1.29, 1.82) is 0 Å². The molecule has 1 aliphatic rings. The first-order valence-corrected chi connectivity index (χ1v) is 8.74. The fourth-order valence-corrected chi connectivity index (χ4v) is 3.79. The summed E-state index contributed by atoms with van der Waals surface area (Å²) in [5, 5.41) is 3.35. The number of aryl methyl sites for hydroxylation is 1. The molecule has 0 saturated carbocycles. The average molecular weight is 349 g/mol. The van der Waals surface area contributed by atoms with Gasteiger partial charge in [0.25, 0.3) is 0 Å². The van der Waals surface area contributed by atoms with E-state index < -0.39 is 0 Å². The summed E-state index contributed by atoms with van der Waals surface area (Å²) in [4.78, 5) is 27.1. The Balaban J connectivity index is 1.52. The highest BCUT2D eigenvalue weighted by Crippen LogP contribution is 2.25. The second-order valence-electron chi connectivity index (χ2n) is 6.13. The van der Waals surface area contributed by atoms with Crippen LogP contribution in [0.3, 0.4) is 0 Å². The first-order chi connectivity index (χ1) is 11.5. The molecule has 1 N–H and O–H groups in total. The van der Waals surface area contributed by atoms with Crippen LogP contribution in [0.15, 0.2) is 12.4 Å². The number of amides is 1. The number of nitrogens with one attached hydrogen (secondary N) is 1. The number of anilines is 1. The van der Waals surface area contributed by atoms with E-state index in [1.165, 1.54) is 24.5 Å². The Bertz CT molecular complexity index is 735. The molecule has 3 heterocycles. The summed E-state index contributed by atoms with van der Waals surface area (Å²) >= 11 is 1.51. The molecular weight excluding hydrogens is 329 g/mol. The molecular formula is C16H20FN5OS. The lowest BCUT2D eigenvalue weighted by Crippen LogP contribution is -2.20. The van der Waals surface area contributed by atoms with E-state index in [0.717, 1.165) is 37.4 Å². The van der Waals surface area contributed by atoms with Gasteiger partial charge in [-0.05, 0) is 25.8 Å². The Hall–Kier alpha value is -1.93. The van der Waals surface area contributed by atoms with Gasteiger partial charge >= 0.3 is 0 Å². The third-order valence-corrected chi connectivity index (χ3v) is 4.92. The van der Waals surface area contributed by atoms with Crippen LogP contribution in [0, 0.1) is 18.7 Å². The lowest BCUT2D eigenvalue weighted by Gasteiger charge is -2.14. The lowest BCUT2D eigenvalue weighted by atomic mass is 10.0. The fourth-order valence-electron chi connectivity index (χ4n) is 2.89. The maximum absolute atomic E-state index is 13.2. The largest absolute Gasteiger partial charge is 0.302 e. The number of hydrogen-bond donors (Lipinski definition) is 1. The predicted octanol–water partition coefficient (Wildman–Crippen LogP) is 2.40. The van der Waals surface area contributed by atoms with Crippen molar-refractivity contribution in [2.24, 2.45) is 5.92 Å². The Morgan fingerprint density at radius 1 is 1.46 bits per heavy atom. The summed E-state index contributed by atoms with van der Waals surface area (Å²) in [7, 11) is 0. The molecule has 1 atom stereocenters. The molecule has 0 bridgehead atoms. The van der Waals surface area contributed by atoms with Crippen LogP contribution in [-0.4, -0.2) is 38.8 Å². The Morgan fingerprint density at radius 2 is 2.29 bits per heavy atom. The molecule has 2 aromatic rings. The van der Waals surface area contributed by atoms with Gasteiger partial charge in [-0.2, -0.15) is 0 Å². The van der Waals surface area contributed by atoms with Crippen molar-refractivity contribution in [1.82, 2.24) is 19.9 Å². The molecule has 3 rings (SSSR count).